The van der Waals surface area contributed by atoms with Gasteiger partial charge in [0, 0.05) is 45.1 Å². The largest absolute Gasteiger partial charge is 0.338 e. The average Bonchev–Trinajstić information content (AvgIpc) is 3.16. The molecule has 1 aromatic rings. The van der Waals surface area contributed by atoms with Crippen LogP contribution >= 0.6 is 0 Å². The number of hydrogen-bond donors (Lipinski definition) is 1. The maximum absolute atomic E-state index is 12.2. The lowest BCUT2D eigenvalue weighted by molar-refractivity contribution is 0.193. The standard InChI is InChI=1S/C17H28N6O/c24-17(20-6-1-2-9-21-10-3-4-11-21)23-14-12-22(13-15-23)16-18-7-5-8-19-16/h5,7-8H,1-4,6,9-15H2,(H,20,24). The Balaban J connectivity index is 1.29. The Morgan fingerprint density at radius 2 is 1.71 bits per heavy atom. The van der Waals surface area contributed by atoms with Gasteiger partial charge in [-0.3, -0.25) is 0 Å². The Labute approximate surface area is 144 Å². The predicted octanol–water partition coefficient (Wildman–Crippen LogP) is 1.18. The van der Waals surface area contributed by atoms with E-state index in [0.29, 0.717) is 0 Å². The fraction of sp³-hybridized carbons (Fsp3) is 0.706. The summed E-state index contributed by atoms with van der Waals surface area (Å²) in [5.74, 6) is 0.750. The zero-order chi connectivity index (χ0) is 16.6. The third kappa shape index (κ3) is 4.80. The van der Waals surface area contributed by atoms with Gasteiger partial charge in [0.05, 0.1) is 0 Å². The van der Waals surface area contributed by atoms with Gasteiger partial charge in [-0.25, -0.2) is 14.8 Å². The molecule has 1 aromatic heterocycles. The third-order valence-electron chi connectivity index (χ3n) is 4.78. The second-order valence-corrected chi connectivity index (χ2v) is 6.51. The van der Waals surface area contributed by atoms with Gasteiger partial charge in [-0.1, -0.05) is 0 Å². The first-order valence-electron chi connectivity index (χ1n) is 9.10. The highest BCUT2D eigenvalue weighted by atomic mass is 16.2. The van der Waals surface area contributed by atoms with Crippen LogP contribution in [0.2, 0.25) is 0 Å². The molecule has 0 unspecified atom stereocenters. The molecule has 2 fully saturated rings. The van der Waals surface area contributed by atoms with E-state index in [9.17, 15) is 4.79 Å². The van der Waals surface area contributed by atoms with Crippen molar-refractivity contribution in [1.29, 1.82) is 0 Å². The van der Waals surface area contributed by atoms with E-state index in [0.717, 1.165) is 45.1 Å². The van der Waals surface area contributed by atoms with Crippen LogP contribution in [0.3, 0.4) is 0 Å². The van der Waals surface area contributed by atoms with Crippen molar-refractivity contribution in [3.63, 3.8) is 0 Å². The summed E-state index contributed by atoms with van der Waals surface area (Å²) in [4.78, 5) is 27.3. The van der Waals surface area contributed by atoms with E-state index in [1.165, 1.54) is 38.9 Å². The first-order chi connectivity index (χ1) is 11.8. The van der Waals surface area contributed by atoms with Gasteiger partial charge in [-0.2, -0.15) is 0 Å². The molecule has 0 radical (unpaired) electrons. The van der Waals surface area contributed by atoms with Crippen LogP contribution in [-0.4, -0.2) is 78.2 Å². The lowest BCUT2D eigenvalue weighted by Gasteiger charge is -2.34. The van der Waals surface area contributed by atoms with E-state index < -0.39 is 0 Å². The number of amides is 2. The number of aromatic nitrogens is 2. The Morgan fingerprint density at radius 1 is 1.00 bits per heavy atom. The Bertz CT molecular complexity index is 497. The molecule has 0 aromatic carbocycles. The Hall–Kier alpha value is -1.89. The monoisotopic (exact) mass is 332 g/mol. The number of unbranched alkanes of at least 4 members (excludes halogenated alkanes) is 1. The van der Waals surface area contributed by atoms with Crippen LogP contribution < -0.4 is 10.2 Å². The first-order valence-corrected chi connectivity index (χ1v) is 9.10. The summed E-state index contributed by atoms with van der Waals surface area (Å²) in [7, 11) is 0. The molecule has 1 N–H and O–H groups in total. The highest BCUT2D eigenvalue weighted by Crippen LogP contribution is 2.10. The summed E-state index contributed by atoms with van der Waals surface area (Å²) >= 11 is 0. The maximum Gasteiger partial charge on any atom is 0.317 e. The lowest BCUT2D eigenvalue weighted by Crippen LogP contribution is -2.52. The molecule has 0 aliphatic carbocycles. The summed E-state index contributed by atoms with van der Waals surface area (Å²) in [6.07, 6.45) is 8.42. The van der Waals surface area contributed by atoms with Gasteiger partial charge in [0.15, 0.2) is 0 Å². The van der Waals surface area contributed by atoms with Crippen molar-refractivity contribution in [2.75, 3.05) is 57.3 Å². The summed E-state index contributed by atoms with van der Waals surface area (Å²) < 4.78 is 0. The number of piperazine rings is 1. The molecule has 7 heteroatoms. The van der Waals surface area contributed by atoms with Gasteiger partial charge in [-0.05, 0) is 51.4 Å². The molecule has 2 saturated heterocycles. The number of likely N-dealkylation sites (tertiary alicyclic amines) is 1. The second-order valence-electron chi connectivity index (χ2n) is 6.51. The van der Waals surface area contributed by atoms with E-state index in [4.69, 9.17) is 0 Å². The Morgan fingerprint density at radius 3 is 2.42 bits per heavy atom. The number of carbonyl (C=O) groups excluding carboxylic acids is 1. The second kappa shape index (κ2) is 8.82. The topological polar surface area (TPSA) is 64.6 Å². The first kappa shape index (κ1) is 17.0. The van der Waals surface area contributed by atoms with Crippen molar-refractivity contribution >= 4 is 12.0 Å². The van der Waals surface area contributed by atoms with Crippen LogP contribution in [-0.2, 0) is 0 Å². The number of nitrogens with zero attached hydrogens (tertiary/aromatic N) is 5. The fourth-order valence-corrected chi connectivity index (χ4v) is 3.34. The molecule has 0 atom stereocenters. The normalized spacial score (nSPS) is 18.8. The van der Waals surface area contributed by atoms with Crippen LogP contribution in [0.15, 0.2) is 18.5 Å². The zero-order valence-corrected chi connectivity index (χ0v) is 14.4. The minimum atomic E-state index is 0.0600. The molecule has 0 saturated carbocycles. The minimum absolute atomic E-state index is 0.0600. The lowest BCUT2D eigenvalue weighted by atomic mass is 10.3. The number of hydrogen-bond acceptors (Lipinski definition) is 5. The molecule has 24 heavy (non-hydrogen) atoms. The molecule has 3 rings (SSSR count). The quantitative estimate of drug-likeness (QED) is 0.793. The molecule has 2 aliphatic heterocycles. The maximum atomic E-state index is 12.2. The number of anilines is 1. The van der Waals surface area contributed by atoms with Crippen molar-refractivity contribution in [2.24, 2.45) is 0 Å². The van der Waals surface area contributed by atoms with Gasteiger partial charge < -0.3 is 20.0 Å². The molecule has 0 spiro atoms. The highest BCUT2D eigenvalue weighted by Gasteiger charge is 2.22. The summed E-state index contributed by atoms with van der Waals surface area (Å²) in [5.41, 5.74) is 0. The van der Waals surface area contributed by atoms with E-state index >= 15 is 0 Å². The van der Waals surface area contributed by atoms with Crippen LogP contribution in [0, 0.1) is 0 Å². The van der Waals surface area contributed by atoms with Gasteiger partial charge in [0.2, 0.25) is 5.95 Å². The van der Waals surface area contributed by atoms with Crippen LogP contribution in [0.5, 0.6) is 0 Å². The minimum Gasteiger partial charge on any atom is -0.338 e. The molecule has 7 nitrogen and oxygen atoms in total. The molecule has 3 heterocycles. The van der Waals surface area contributed by atoms with E-state index in [1.54, 1.807) is 12.4 Å². The van der Waals surface area contributed by atoms with E-state index in [2.05, 4.69) is 25.1 Å². The Kier molecular flexibility index (Phi) is 6.23. The molecule has 2 aliphatic rings. The van der Waals surface area contributed by atoms with Gasteiger partial charge >= 0.3 is 6.03 Å². The number of urea groups is 1. The number of rotatable bonds is 6. The van der Waals surface area contributed by atoms with E-state index in [-0.39, 0.29) is 6.03 Å². The van der Waals surface area contributed by atoms with Gasteiger partial charge in [0.25, 0.3) is 0 Å². The smallest absolute Gasteiger partial charge is 0.317 e. The van der Waals surface area contributed by atoms with E-state index in [1.807, 2.05) is 11.0 Å². The molecular formula is C17H28N6O. The summed E-state index contributed by atoms with van der Waals surface area (Å²) in [6.45, 7) is 7.46. The van der Waals surface area contributed by atoms with Crippen LogP contribution in [0.4, 0.5) is 10.7 Å². The average molecular weight is 332 g/mol. The molecule has 0 bridgehead atoms. The predicted molar refractivity (Wildman–Crippen MR) is 94.1 cm³/mol. The van der Waals surface area contributed by atoms with Crippen molar-refractivity contribution in [3.05, 3.63) is 18.5 Å². The van der Waals surface area contributed by atoms with Gasteiger partial charge in [-0.15, -0.1) is 0 Å². The van der Waals surface area contributed by atoms with Crippen molar-refractivity contribution in [3.8, 4) is 0 Å². The highest BCUT2D eigenvalue weighted by molar-refractivity contribution is 5.74. The van der Waals surface area contributed by atoms with Crippen molar-refractivity contribution < 1.29 is 4.79 Å². The number of nitrogens with one attached hydrogen (secondary N) is 1. The summed E-state index contributed by atoms with van der Waals surface area (Å²) in [5, 5.41) is 3.05. The molecular weight excluding hydrogens is 304 g/mol. The summed E-state index contributed by atoms with van der Waals surface area (Å²) in [6, 6.07) is 1.88. The van der Waals surface area contributed by atoms with Crippen LogP contribution in [0.25, 0.3) is 0 Å². The third-order valence-corrected chi connectivity index (χ3v) is 4.78. The zero-order valence-electron chi connectivity index (χ0n) is 14.4. The number of carbonyl (C=O) groups is 1. The fourth-order valence-electron chi connectivity index (χ4n) is 3.34. The van der Waals surface area contributed by atoms with Crippen LogP contribution in [0.1, 0.15) is 25.7 Å². The van der Waals surface area contributed by atoms with Crippen molar-refractivity contribution in [1.82, 2.24) is 25.1 Å². The molecule has 2 amide bonds. The SMILES string of the molecule is O=C(NCCCCN1CCCC1)N1CCN(c2ncccn2)CC1. The van der Waals surface area contributed by atoms with Crippen molar-refractivity contribution in [2.45, 2.75) is 25.7 Å². The molecule has 132 valence electrons. The van der Waals surface area contributed by atoms with Gasteiger partial charge in [0.1, 0.15) is 0 Å².